The zero-order valence-electron chi connectivity index (χ0n) is 14.2. The minimum Gasteiger partial charge on any atom is -0.481 e. The first kappa shape index (κ1) is 16.5. The average molecular weight is 297 g/mol. The lowest BCUT2D eigenvalue weighted by Crippen LogP contribution is -2.04. The number of ether oxygens (including phenoxy) is 1. The molecule has 0 spiro atoms. The molecule has 0 aliphatic heterocycles. The van der Waals surface area contributed by atoms with Crippen LogP contribution in [-0.4, -0.2) is 12.1 Å². The molecule has 0 aliphatic carbocycles. The molecule has 1 aromatic carbocycles. The third-order valence-corrected chi connectivity index (χ3v) is 3.87. The lowest BCUT2D eigenvalue weighted by Gasteiger charge is -2.17. The third-order valence-electron chi connectivity index (χ3n) is 3.87. The summed E-state index contributed by atoms with van der Waals surface area (Å²) >= 11 is 0. The number of pyridine rings is 1. The molecule has 2 heteroatoms. The van der Waals surface area contributed by atoms with E-state index >= 15 is 0 Å². The van der Waals surface area contributed by atoms with Crippen molar-refractivity contribution in [3.63, 3.8) is 0 Å². The van der Waals surface area contributed by atoms with Gasteiger partial charge in [0.1, 0.15) is 0 Å². The van der Waals surface area contributed by atoms with Crippen molar-refractivity contribution in [2.24, 2.45) is 5.41 Å². The molecule has 0 amide bonds. The van der Waals surface area contributed by atoms with Crippen LogP contribution < -0.4 is 4.74 Å². The summed E-state index contributed by atoms with van der Waals surface area (Å²) in [6, 6.07) is 12.8. The fourth-order valence-corrected chi connectivity index (χ4v) is 2.52. The van der Waals surface area contributed by atoms with E-state index in [1.807, 2.05) is 18.3 Å². The highest BCUT2D eigenvalue weighted by atomic mass is 16.5. The maximum atomic E-state index is 5.09. The second kappa shape index (κ2) is 7.44. The van der Waals surface area contributed by atoms with E-state index in [4.69, 9.17) is 4.74 Å². The van der Waals surface area contributed by atoms with Crippen molar-refractivity contribution in [2.75, 3.05) is 7.11 Å². The molecule has 0 unspecified atom stereocenters. The number of benzene rings is 1. The number of aromatic nitrogens is 1. The smallest absolute Gasteiger partial charge is 0.212 e. The van der Waals surface area contributed by atoms with Crippen LogP contribution in [0.1, 0.15) is 45.6 Å². The van der Waals surface area contributed by atoms with Crippen molar-refractivity contribution in [2.45, 2.75) is 46.5 Å². The molecule has 22 heavy (non-hydrogen) atoms. The largest absolute Gasteiger partial charge is 0.481 e. The number of unbranched alkanes of at least 4 members (excludes halogenated alkanes) is 1. The molecule has 2 rings (SSSR count). The van der Waals surface area contributed by atoms with Gasteiger partial charge in [-0.2, -0.15) is 0 Å². The molecule has 1 heterocycles. The van der Waals surface area contributed by atoms with Crippen LogP contribution in [0.25, 0.3) is 11.1 Å². The van der Waals surface area contributed by atoms with Crippen molar-refractivity contribution >= 4 is 0 Å². The molecule has 0 radical (unpaired) electrons. The summed E-state index contributed by atoms with van der Waals surface area (Å²) in [4.78, 5) is 4.26. The first-order chi connectivity index (χ1) is 10.5. The van der Waals surface area contributed by atoms with E-state index in [9.17, 15) is 0 Å². The second-order valence-electron chi connectivity index (χ2n) is 7.05. The number of nitrogens with zero attached hydrogens (tertiary/aromatic N) is 1. The number of hydrogen-bond acceptors (Lipinski definition) is 2. The van der Waals surface area contributed by atoms with Crippen molar-refractivity contribution < 1.29 is 4.74 Å². The normalized spacial score (nSPS) is 11.5. The molecule has 2 nitrogen and oxygen atoms in total. The van der Waals surface area contributed by atoms with Crippen molar-refractivity contribution in [1.29, 1.82) is 0 Å². The van der Waals surface area contributed by atoms with Crippen LogP contribution in [0, 0.1) is 5.41 Å². The molecule has 0 saturated heterocycles. The predicted octanol–water partition coefficient (Wildman–Crippen LogP) is 5.52. The fraction of sp³-hybridized carbons (Fsp3) is 0.450. The monoisotopic (exact) mass is 297 g/mol. The molecule has 118 valence electrons. The van der Waals surface area contributed by atoms with Crippen LogP contribution in [0.3, 0.4) is 0 Å². The van der Waals surface area contributed by atoms with Gasteiger partial charge in [-0.1, -0.05) is 51.5 Å². The van der Waals surface area contributed by atoms with Gasteiger partial charge >= 0.3 is 0 Å². The number of rotatable bonds is 6. The molecular weight excluding hydrogens is 270 g/mol. The van der Waals surface area contributed by atoms with Crippen LogP contribution in [0.15, 0.2) is 42.6 Å². The SMILES string of the molecule is COc1ccc(-c2ccc(CCCCC(C)(C)C)cc2)cn1. The van der Waals surface area contributed by atoms with Gasteiger partial charge in [-0.15, -0.1) is 0 Å². The Labute approximate surface area is 134 Å². The molecule has 2 aromatic rings. The van der Waals surface area contributed by atoms with Crippen LogP contribution in [-0.2, 0) is 6.42 Å². The minimum atomic E-state index is 0.450. The van der Waals surface area contributed by atoms with Gasteiger partial charge in [0.2, 0.25) is 5.88 Å². The second-order valence-corrected chi connectivity index (χ2v) is 7.05. The Bertz CT molecular complexity index is 564. The van der Waals surface area contributed by atoms with Gasteiger partial charge in [-0.05, 0) is 41.9 Å². The first-order valence-electron chi connectivity index (χ1n) is 8.07. The van der Waals surface area contributed by atoms with Crippen LogP contribution >= 0.6 is 0 Å². The number of aryl methyl sites for hydroxylation is 1. The van der Waals surface area contributed by atoms with Gasteiger partial charge in [-0.3, -0.25) is 0 Å². The summed E-state index contributed by atoms with van der Waals surface area (Å²) in [5.41, 5.74) is 4.19. The molecule has 1 aromatic heterocycles. The fourth-order valence-electron chi connectivity index (χ4n) is 2.52. The van der Waals surface area contributed by atoms with Crippen molar-refractivity contribution in [1.82, 2.24) is 4.98 Å². The quantitative estimate of drug-likeness (QED) is 0.655. The zero-order chi connectivity index (χ0) is 16.0. The highest BCUT2D eigenvalue weighted by Crippen LogP contribution is 2.24. The summed E-state index contributed by atoms with van der Waals surface area (Å²) in [6.45, 7) is 6.93. The van der Waals surface area contributed by atoms with E-state index in [1.165, 1.54) is 30.4 Å². The summed E-state index contributed by atoms with van der Waals surface area (Å²) < 4.78 is 5.09. The third kappa shape index (κ3) is 5.18. The van der Waals surface area contributed by atoms with E-state index < -0.39 is 0 Å². The van der Waals surface area contributed by atoms with Crippen molar-refractivity contribution in [3.05, 3.63) is 48.2 Å². The van der Waals surface area contributed by atoms with Gasteiger partial charge in [0, 0.05) is 17.8 Å². The number of hydrogen-bond donors (Lipinski definition) is 0. The summed E-state index contributed by atoms with van der Waals surface area (Å²) in [5, 5.41) is 0. The average Bonchev–Trinajstić information content (AvgIpc) is 2.51. The van der Waals surface area contributed by atoms with Crippen LogP contribution in [0.4, 0.5) is 0 Å². The predicted molar refractivity (Wildman–Crippen MR) is 93.2 cm³/mol. The molecule has 0 bridgehead atoms. The molecular formula is C20H27NO. The van der Waals surface area contributed by atoms with E-state index in [-0.39, 0.29) is 0 Å². The van der Waals surface area contributed by atoms with Gasteiger partial charge in [0.15, 0.2) is 0 Å². The molecule has 0 N–H and O–H groups in total. The van der Waals surface area contributed by atoms with E-state index in [1.54, 1.807) is 7.11 Å². The van der Waals surface area contributed by atoms with Crippen LogP contribution in [0.5, 0.6) is 5.88 Å². The van der Waals surface area contributed by atoms with E-state index in [0.717, 1.165) is 12.0 Å². The highest BCUT2D eigenvalue weighted by Gasteiger charge is 2.09. The Morgan fingerprint density at radius 2 is 1.59 bits per heavy atom. The summed E-state index contributed by atoms with van der Waals surface area (Å²) in [7, 11) is 1.64. The lowest BCUT2D eigenvalue weighted by atomic mass is 9.89. The van der Waals surface area contributed by atoms with E-state index in [0.29, 0.717) is 11.3 Å². The maximum Gasteiger partial charge on any atom is 0.212 e. The Balaban J connectivity index is 1.89. The molecule has 0 saturated carbocycles. The Morgan fingerprint density at radius 1 is 0.909 bits per heavy atom. The summed E-state index contributed by atoms with van der Waals surface area (Å²) in [5.74, 6) is 0.652. The Kier molecular flexibility index (Phi) is 5.59. The first-order valence-corrected chi connectivity index (χ1v) is 8.07. The molecule has 0 atom stereocenters. The Morgan fingerprint density at radius 3 is 2.14 bits per heavy atom. The summed E-state index contributed by atoms with van der Waals surface area (Å²) in [6.07, 6.45) is 6.88. The lowest BCUT2D eigenvalue weighted by molar-refractivity contribution is 0.360. The van der Waals surface area contributed by atoms with Crippen LogP contribution in [0.2, 0.25) is 0 Å². The van der Waals surface area contributed by atoms with Gasteiger partial charge in [0.05, 0.1) is 7.11 Å². The highest BCUT2D eigenvalue weighted by molar-refractivity contribution is 5.62. The topological polar surface area (TPSA) is 22.1 Å². The standard InChI is InChI=1S/C20H27NO/c1-20(2,3)14-6-5-7-16-8-10-17(11-9-16)18-12-13-19(22-4)21-15-18/h8-13,15H,5-7,14H2,1-4H3. The minimum absolute atomic E-state index is 0.450. The van der Waals surface area contributed by atoms with Gasteiger partial charge < -0.3 is 4.74 Å². The van der Waals surface area contributed by atoms with Crippen molar-refractivity contribution in [3.8, 4) is 17.0 Å². The molecule has 0 aliphatic rings. The number of methoxy groups -OCH3 is 1. The van der Waals surface area contributed by atoms with E-state index in [2.05, 4.69) is 50.0 Å². The maximum absolute atomic E-state index is 5.09. The van der Waals surface area contributed by atoms with Gasteiger partial charge in [-0.25, -0.2) is 4.98 Å². The molecule has 0 fully saturated rings. The Hall–Kier alpha value is -1.83. The van der Waals surface area contributed by atoms with Gasteiger partial charge in [0.25, 0.3) is 0 Å². The zero-order valence-corrected chi connectivity index (χ0v) is 14.2.